The van der Waals surface area contributed by atoms with Crippen LogP contribution in [-0.2, 0) is 21.7 Å². The largest absolute Gasteiger partial charge is 0.311 e. The molecule has 3 heterocycles. The van der Waals surface area contributed by atoms with E-state index in [9.17, 15) is 0 Å². The Labute approximate surface area is 421 Å². The minimum absolute atomic E-state index is 0.0727. The lowest BCUT2D eigenvalue weighted by Crippen LogP contribution is -2.61. The number of aromatic nitrogens is 1. The van der Waals surface area contributed by atoms with Crippen LogP contribution in [0.2, 0.25) is 0 Å². The van der Waals surface area contributed by atoms with E-state index in [1.54, 1.807) is 0 Å². The SMILES string of the molecule is CC(C)(C)c1cc(N2c3cc4c(ccc5ccccc54)cc3B3c4cc5ccc6ccccc6c5cc4N(c4cc(C(C)(C)C)cc(C(C)(C)C)c4)c4cc(-c5ccncc5)cc2c43)cc(C(C)(C)C)c1. The molecule has 71 heavy (non-hydrogen) atoms. The van der Waals surface area contributed by atoms with E-state index in [1.165, 1.54) is 116 Å². The third kappa shape index (κ3) is 7.44. The molecule has 9 aromatic carbocycles. The summed E-state index contributed by atoms with van der Waals surface area (Å²) >= 11 is 0. The molecule has 0 spiro atoms. The Balaban J connectivity index is 1.28. The summed E-state index contributed by atoms with van der Waals surface area (Å²) in [6.45, 7) is 28.1. The second-order valence-electron chi connectivity index (χ2n) is 24.6. The molecule has 1 aromatic heterocycles. The molecule has 0 saturated heterocycles. The van der Waals surface area contributed by atoms with Gasteiger partial charge in [0.05, 0.1) is 0 Å². The number of fused-ring (bicyclic) bond motifs is 10. The lowest BCUT2D eigenvalue weighted by Gasteiger charge is -2.45. The summed E-state index contributed by atoms with van der Waals surface area (Å²) in [4.78, 5) is 9.81. The summed E-state index contributed by atoms with van der Waals surface area (Å²) in [7, 11) is 0. The number of hydrogen-bond donors (Lipinski definition) is 0. The quantitative estimate of drug-likeness (QED) is 0.130. The third-order valence-electron chi connectivity index (χ3n) is 15.6. The smallest absolute Gasteiger partial charge is 0.252 e. The zero-order valence-electron chi connectivity index (χ0n) is 43.6. The van der Waals surface area contributed by atoms with Crippen LogP contribution in [0.25, 0.3) is 54.2 Å². The van der Waals surface area contributed by atoms with E-state index in [0.29, 0.717) is 0 Å². The van der Waals surface area contributed by atoms with E-state index in [4.69, 9.17) is 0 Å². The first kappa shape index (κ1) is 45.0. The van der Waals surface area contributed by atoms with E-state index in [0.717, 1.165) is 11.1 Å². The molecule has 0 saturated carbocycles. The van der Waals surface area contributed by atoms with E-state index >= 15 is 0 Å². The van der Waals surface area contributed by atoms with Crippen molar-refractivity contribution in [1.29, 1.82) is 0 Å². The van der Waals surface area contributed by atoms with Gasteiger partial charge in [0.15, 0.2) is 0 Å². The predicted molar refractivity (Wildman–Crippen MR) is 309 cm³/mol. The molecule has 0 radical (unpaired) electrons. The van der Waals surface area contributed by atoms with Crippen molar-refractivity contribution in [3.05, 3.63) is 192 Å². The fourth-order valence-corrected chi connectivity index (χ4v) is 11.5. The normalized spacial score (nSPS) is 13.8. The molecule has 0 unspecified atom stereocenters. The third-order valence-corrected chi connectivity index (χ3v) is 15.6. The van der Waals surface area contributed by atoms with Gasteiger partial charge < -0.3 is 9.80 Å². The fourth-order valence-electron chi connectivity index (χ4n) is 11.5. The predicted octanol–water partition coefficient (Wildman–Crippen LogP) is 16.6. The van der Waals surface area contributed by atoms with Crippen LogP contribution in [0, 0.1) is 0 Å². The number of benzene rings is 9. The average Bonchev–Trinajstić information content (AvgIpc) is 3.34. The molecule has 12 rings (SSSR count). The minimum Gasteiger partial charge on any atom is -0.311 e. The van der Waals surface area contributed by atoms with E-state index < -0.39 is 0 Å². The van der Waals surface area contributed by atoms with Gasteiger partial charge >= 0.3 is 0 Å². The number of rotatable bonds is 3. The first-order valence-corrected chi connectivity index (χ1v) is 25.6. The molecule has 2 aliphatic rings. The molecule has 0 N–H and O–H groups in total. The van der Waals surface area contributed by atoms with Gasteiger partial charge in [0.25, 0.3) is 6.71 Å². The maximum atomic E-state index is 4.53. The maximum absolute atomic E-state index is 4.53. The average molecular weight is 922 g/mol. The maximum Gasteiger partial charge on any atom is 0.252 e. The molecule has 0 atom stereocenters. The minimum atomic E-state index is -0.0845. The molecular formula is C67H64BN3. The van der Waals surface area contributed by atoms with Crippen LogP contribution in [0.5, 0.6) is 0 Å². The lowest BCUT2D eigenvalue weighted by molar-refractivity contribution is 0.568. The summed E-state index contributed by atoms with van der Waals surface area (Å²) < 4.78 is 0. The second kappa shape index (κ2) is 15.7. The van der Waals surface area contributed by atoms with Gasteiger partial charge in [-0.05, 0) is 175 Å². The molecule has 0 aliphatic carbocycles. The van der Waals surface area contributed by atoms with Gasteiger partial charge in [-0.1, -0.05) is 180 Å². The molecule has 0 bridgehead atoms. The first-order valence-electron chi connectivity index (χ1n) is 25.6. The van der Waals surface area contributed by atoms with Crippen LogP contribution < -0.4 is 26.2 Å². The highest BCUT2D eigenvalue weighted by atomic mass is 15.2. The van der Waals surface area contributed by atoms with Crippen molar-refractivity contribution in [2.75, 3.05) is 9.80 Å². The lowest BCUT2D eigenvalue weighted by atomic mass is 9.33. The Morgan fingerprint density at radius 3 is 1.11 bits per heavy atom. The molecule has 10 aromatic rings. The number of pyridine rings is 1. The van der Waals surface area contributed by atoms with Crippen LogP contribution in [0.3, 0.4) is 0 Å². The van der Waals surface area contributed by atoms with Crippen molar-refractivity contribution in [3.8, 4) is 11.1 Å². The summed E-state index contributed by atoms with van der Waals surface area (Å²) in [5.41, 5.74) is 18.4. The summed E-state index contributed by atoms with van der Waals surface area (Å²) in [6.07, 6.45) is 3.87. The molecule has 2 aliphatic heterocycles. The number of hydrogen-bond acceptors (Lipinski definition) is 3. The van der Waals surface area contributed by atoms with Crippen molar-refractivity contribution in [2.45, 2.75) is 105 Å². The first-order chi connectivity index (χ1) is 33.7. The Morgan fingerprint density at radius 1 is 0.338 bits per heavy atom. The highest BCUT2D eigenvalue weighted by molar-refractivity contribution is 7.00. The van der Waals surface area contributed by atoms with Crippen molar-refractivity contribution in [3.63, 3.8) is 0 Å². The van der Waals surface area contributed by atoms with Gasteiger partial charge in [0.2, 0.25) is 0 Å². The fraction of sp³-hybridized carbons (Fsp3) is 0.239. The topological polar surface area (TPSA) is 19.4 Å². The Kier molecular flexibility index (Phi) is 9.93. The summed E-state index contributed by atoms with van der Waals surface area (Å²) in [5, 5.41) is 10.1. The van der Waals surface area contributed by atoms with Crippen LogP contribution in [0.4, 0.5) is 34.1 Å². The number of anilines is 6. The standard InChI is InChI=1S/C67H64BN3/c1-64(2,3)47-33-48(65(4,5)6)36-51(35-47)70-59-39-55-44(23-21-42-17-13-15-19-53(42)55)29-57(59)68-58-30-45-24-22-43-18-14-16-20-54(43)56(45)40-60(58)71(52-37-49(66(7,8)9)34-50(38-52)67(10,11)12)62-32-46(31-61(70)63(62)68)41-25-27-69-28-26-41/h13-40H,1-12H3. The van der Waals surface area contributed by atoms with Crippen LogP contribution in [0.1, 0.15) is 105 Å². The van der Waals surface area contributed by atoms with E-state index in [-0.39, 0.29) is 28.4 Å². The van der Waals surface area contributed by atoms with Gasteiger partial charge in [-0.3, -0.25) is 4.98 Å². The monoisotopic (exact) mass is 922 g/mol. The zero-order chi connectivity index (χ0) is 49.5. The van der Waals surface area contributed by atoms with Crippen molar-refractivity contribution in [1.82, 2.24) is 4.98 Å². The zero-order valence-corrected chi connectivity index (χ0v) is 43.6. The van der Waals surface area contributed by atoms with Gasteiger partial charge in [0, 0.05) is 46.5 Å². The van der Waals surface area contributed by atoms with Gasteiger partial charge in [-0.2, -0.15) is 0 Å². The molecule has 4 heteroatoms. The van der Waals surface area contributed by atoms with Crippen LogP contribution >= 0.6 is 0 Å². The number of nitrogens with zero attached hydrogens (tertiary/aromatic N) is 3. The van der Waals surface area contributed by atoms with Gasteiger partial charge in [0.1, 0.15) is 0 Å². The van der Waals surface area contributed by atoms with Crippen LogP contribution in [-0.4, -0.2) is 11.7 Å². The van der Waals surface area contributed by atoms with Gasteiger partial charge in [-0.15, -0.1) is 0 Å². The molecular weight excluding hydrogens is 858 g/mol. The summed E-state index contributed by atoms with van der Waals surface area (Å²) in [5.74, 6) is 0. The second-order valence-corrected chi connectivity index (χ2v) is 24.6. The van der Waals surface area contributed by atoms with Crippen molar-refractivity contribution >= 4 is 100 Å². The van der Waals surface area contributed by atoms with Crippen LogP contribution in [0.15, 0.2) is 170 Å². The molecule has 0 fully saturated rings. The molecule has 3 nitrogen and oxygen atoms in total. The van der Waals surface area contributed by atoms with E-state index in [1.807, 2.05) is 12.4 Å². The summed E-state index contributed by atoms with van der Waals surface area (Å²) in [6, 6.07) is 61.3. The highest BCUT2D eigenvalue weighted by Crippen LogP contribution is 2.50. The Bertz CT molecular complexity index is 3530. The molecule has 350 valence electrons. The Hall–Kier alpha value is -7.17. The molecule has 0 amide bonds. The van der Waals surface area contributed by atoms with Crippen molar-refractivity contribution in [2.24, 2.45) is 0 Å². The van der Waals surface area contributed by atoms with Gasteiger partial charge in [-0.25, -0.2) is 0 Å². The Morgan fingerprint density at radius 2 is 0.718 bits per heavy atom. The van der Waals surface area contributed by atoms with Crippen molar-refractivity contribution < 1.29 is 0 Å². The highest BCUT2D eigenvalue weighted by Gasteiger charge is 2.45. The van der Waals surface area contributed by atoms with E-state index in [2.05, 4.69) is 256 Å².